The van der Waals surface area contributed by atoms with Crippen LogP contribution in [0, 0.1) is 10.1 Å². The van der Waals surface area contributed by atoms with Crippen LogP contribution in [0.3, 0.4) is 0 Å². The van der Waals surface area contributed by atoms with E-state index in [1.165, 1.54) is 19.1 Å². The molecule has 0 saturated heterocycles. The molecule has 0 aliphatic rings. The summed E-state index contributed by atoms with van der Waals surface area (Å²) in [6, 6.07) is 4.38. The van der Waals surface area contributed by atoms with Crippen molar-refractivity contribution >= 4 is 27.4 Å². The van der Waals surface area contributed by atoms with Gasteiger partial charge in [0.25, 0.3) is 5.69 Å². The number of carbonyl (C=O) groups excluding carboxylic acids is 1. The maximum absolute atomic E-state index is 10.8. The summed E-state index contributed by atoms with van der Waals surface area (Å²) in [7, 11) is 0. The highest BCUT2D eigenvalue weighted by molar-refractivity contribution is 9.10. The van der Waals surface area contributed by atoms with Crippen LogP contribution in [-0.2, 0) is 11.2 Å². The summed E-state index contributed by atoms with van der Waals surface area (Å²) in [5.74, 6) is 0.0274. The van der Waals surface area contributed by atoms with Crippen LogP contribution in [0.25, 0.3) is 0 Å². The second-order valence-corrected chi connectivity index (χ2v) is 3.77. The molecule has 0 aromatic heterocycles. The largest absolute Gasteiger partial charge is 0.300 e. The number of hydrogen-bond acceptors (Lipinski definition) is 3. The monoisotopic (exact) mass is 257 g/mol. The van der Waals surface area contributed by atoms with E-state index in [0.29, 0.717) is 10.9 Å². The van der Waals surface area contributed by atoms with Gasteiger partial charge in [-0.25, -0.2) is 0 Å². The zero-order valence-electron chi connectivity index (χ0n) is 7.49. The van der Waals surface area contributed by atoms with Gasteiger partial charge in [0.2, 0.25) is 0 Å². The molecule has 0 spiro atoms. The van der Waals surface area contributed by atoms with E-state index >= 15 is 0 Å². The van der Waals surface area contributed by atoms with Gasteiger partial charge in [-0.15, -0.1) is 0 Å². The van der Waals surface area contributed by atoms with Crippen LogP contribution in [-0.4, -0.2) is 10.7 Å². The van der Waals surface area contributed by atoms with Gasteiger partial charge in [-0.05, 0) is 12.5 Å². The lowest BCUT2D eigenvalue weighted by Crippen LogP contribution is -1.98. The van der Waals surface area contributed by atoms with Gasteiger partial charge < -0.3 is 0 Å². The zero-order valence-corrected chi connectivity index (χ0v) is 9.08. The predicted octanol–water partition coefficient (Wildman–Crippen LogP) is 2.49. The number of rotatable bonds is 3. The molecule has 5 heteroatoms. The van der Waals surface area contributed by atoms with E-state index in [1.807, 2.05) is 0 Å². The Morgan fingerprint density at radius 1 is 1.57 bits per heavy atom. The maximum atomic E-state index is 10.8. The second kappa shape index (κ2) is 4.32. The number of nitro groups is 1. The zero-order chi connectivity index (χ0) is 10.7. The number of carbonyl (C=O) groups is 1. The normalized spacial score (nSPS) is 9.86. The lowest BCUT2D eigenvalue weighted by atomic mass is 10.1. The summed E-state index contributed by atoms with van der Waals surface area (Å²) < 4.78 is 0.599. The van der Waals surface area contributed by atoms with Crippen molar-refractivity contribution in [1.82, 2.24) is 0 Å². The first-order valence-electron chi connectivity index (χ1n) is 3.93. The van der Waals surface area contributed by atoms with Crippen LogP contribution in [0.4, 0.5) is 5.69 Å². The lowest BCUT2D eigenvalue weighted by Gasteiger charge is -2.00. The van der Waals surface area contributed by atoms with Gasteiger partial charge in [-0.2, -0.15) is 0 Å². The molecular formula is C9H8BrNO3. The molecule has 74 valence electrons. The molecule has 1 aromatic rings. The van der Waals surface area contributed by atoms with Gasteiger partial charge in [0.1, 0.15) is 5.78 Å². The molecule has 0 N–H and O–H groups in total. The summed E-state index contributed by atoms with van der Waals surface area (Å²) >= 11 is 3.19. The standard InChI is InChI=1S/C9H8BrNO3/c1-6(12)4-7-2-3-8(11(13)14)5-9(7)10/h2-3,5H,4H2,1H3. The summed E-state index contributed by atoms with van der Waals surface area (Å²) in [6.07, 6.45) is 0.290. The summed E-state index contributed by atoms with van der Waals surface area (Å²) in [5, 5.41) is 10.4. The molecule has 1 aromatic carbocycles. The van der Waals surface area contributed by atoms with E-state index in [9.17, 15) is 14.9 Å². The molecule has 4 nitrogen and oxygen atoms in total. The number of benzene rings is 1. The minimum Gasteiger partial charge on any atom is -0.300 e. The lowest BCUT2D eigenvalue weighted by molar-refractivity contribution is -0.384. The Kier molecular flexibility index (Phi) is 3.35. The van der Waals surface area contributed by atoms with Gasteiger partial charge in [-0.3, -0.25) is 14.9 Å². The smallest absolute Gasteiger partial charge is 0.270 e. The average molecular weight is 258 g/mol. The summed E-state index contributed by atoms with van der Waals surface area (Å²) in [4.78, 5) is 20.8. The number of Topliss-reactive ketones (excluding diaryl/α,β-unsaturated/α-hetero) is 1. The van der Waals surface area contributed by atoms with Crippen LogP contribution in [0.5, 0.6) is 0 Å². The van der Waals surface area contributed by atoms with E-state index in [0.717, 1.165) is 5.56 Å². The molecule has 0 fully saturated rings. The number of halogens is 1. The van der Waals surface area contributed by atoms with E-state index in [-0.39, 0.29) is 11.5 Å². The highest BCUT2D eigenvalue weighted by Crippen LogP contribution is 2.23. The van der Waals surface area contributed by atoms with E-state index < -0.39 is 4.92 Å². The Bertz CT molecular complexity index is 390. The minimum atomic E-state index is -0.470. The fraction of sp³-hybridized carbons (Fsp3) is 0.222. The van der Waals surface area contributed by atoms with Crippen LogP contribution < -0.4 is 0 Å². The molecule has 1 rings (SSSR count). The van der Waals surface area contributed by atoms with Crippen molar-refractivity contribution in [3.8, 4) is 0 Å². The number of non-ortho nitro benzene ring substituents is 1. The topological polar surface area (TPSA) is 60.2 Å². The average Bonchev–Trinajstić information content (AvgIpc) is 2.07. The van der Waals surface area contributed by atoms with Crippen molar-refractivity contribution in [2.24, 2.45) is 0 Å². The Morgan fingerprint density at radius 3 is 2.64 bits per heavy atom. The molecule has 0 unspecified atom stereocenters. The van der Waals surface area contributed by atoms with Gasteiger partial charge >= 0.3 is 0 Å². The number of nitrogens with zero attached hydrogens (tertiary/aromatic N) is 1. The van der Waals surface area contributed by atoms with Crippen molar-refractivity contribution in [3.05, 3.63) is 38.3 Å². The minimum absolute atomic E-state index is 0.0178. The Morgan fingerprint density at radius 2 is 2.21 bits per heavy atom. The third-order valence-electron chi connectivity index (χ3n) is 1.69. The predicted molar refractivity (Wildman–Crippen MR) is 55.2 cm³/mol. The molecule has 0 aliphatic carbocycles. The van der Waals surface area contributed by atoms with Gasteiger partial charge in [-0.1, -0.05) is 22.0 Å². The molecule has 0 atom stereocenters. The van der Waals surface area contributed by atoms with Crippen LogP contribution in [0.15, 0.2) is 22.7 Å². The van der Waals surface area contributed by atoms with Crippen LogP contribution in [0.2, 0.25) is 0 Å². The Balaban J connectivity index is 3.01. The first-order valence-corrected chi connectivity index (χ1v) is 4.72. The van der Waals surface area contributed by atoms with E-state index in [2.05, 4.69) is 15.9 Å². The molecule has 14 heavy (non-hydrogen) atoms. The van der Waals surface area contributed by atoms with Gasteiger partial charge in [0.05, 0.1) is 4.92 Å². The van der Waals surface area contributed by atoms with Crippen molar-refractivity contribution in [1.29, 1.82) is 0 Å². The van der Waals surface area contributed by atoms with Crippen LogP contribution in [0.1, 0.15) is 12.5 Å². The molecule has 0 amide bonds. The fourth-order valence-corrected chi connectivity index (χ4v) is 1.57. The number of nitro benzene ring substituents is 1. The summed E-state index contributed by atoms with van der Waals surface area (Å²) in [6.45, 7) is 1.48. The maximum Gasteiger partial charge on any atom is 0.270 e. The number of ketones is 1. The first kappa shape index (κ1) is 10.8. The van der Waals surface area contributed by atoms with Crippen LogP contribution >= 0.6 is 15.9 Å². The number of hydrogen-bond donors (Lipinski definition) is 0. The van der Waals surface area contributed by atoms with Gasteiger partial charge in [0.15, 0.2) is 0 Å². The molecular weight excluding hydrogens is 250 g/mol. The SMILES string of the molecule is CC(=O)Cc1ccc([N+](=O)[O-])cc1Br. The summed E-state index contributed by atoms with van der Waals surface area (Å²) in [5.41, 5.74) is 0.785. The first-order chi connectivity index (χ1) is 6.50. The van der Waals surface area contributed by atoms with Crippen molar-refractivity contribution in [2.45, 2.75) is 13.3 Å². The van der Waals surface area contributed by atoms with E-state index in [4.69, 9.17) is 0 Å². The third-order valence-corrected chi connectivity index (χ3v) is 2.43. The molecule has 0 radical (unpaired) electrons. The van der Waals surface area contributed by atoms with Gasteiger partial charge in [0, 0.05) is 23.0 Å². The van der Waals surface area contributed by atoms with Crippen molar-refractivity contribution in [2.75, 3.05) is 0 Å². The molecule has 0 saturated carbocycles. The van der Waals surface area contributed by atoms with Crippen molar-refractivity contribution in [3.63, 3.8) is 0 Å². The Labute approximate surface area is 89.2 Å². The fourth-order valence-electron chi connectivity index (χ4n) is 1.06. The third kappa shape index (κ3) is 2.63. The highest BCUT2D eigenvalue weighted by atomic mass is 79.9. The molecule has 0 aliphatic heterocycles. The van der Waals surface area contributed by atoms with E-state index in [1.54, 1.807) is 6.07 Å². The van der Waals surface area contributed by atoms with Crippen molar-refractivity contribution < 1.29 is 9.72 Å². The second-order valence-electron chi connectivity index (χ2n) is 2.91. The highest BCUT2D eigenvalue weighted by Gasteiger charge is 2.09. The Hall–Kier alpha value is -1.23. The molecule has 0 heterocycles. The quantitative estimate of drug-likeness (QED) is 0.618. The molecule has 0 bridgehead atoms.